The average Bonchev–Trinajstić information content (AvgIpc) is 2.74. The summed E-state index contributed by atoms with van der Waals surface area (Å²) in [4.78, 5) is 22.1. The molecule has 0 saturated heterocycles. The summed E-state index contributed by atoms with van der Waals surface area (Å²) in [6, 6.07) is 15.7. The molecule has 6 heteroatoms. The van der Waals surface area contributed by atoms with Crippen molar-refractivity contribution in [2.45, 2.75) is 13.5 Å². The van der Waals surface area contributed by atoms with Gasteiger partial charge in [-0.05, 0) is 24.6 Å². The first-order valence-electron chi connectivity index (χ1n) is 8.64. The Morgan fingerprint density at radius 3 is 2.33 bits per heavy atom. The van der Waals surface area contributed by atoms with Crippen molar-refractivity contribution in [3.63, 3.8) is 0 Å². The second-order valence-corrected chi connectivity index (χ2v) is 6.09. The molecule has 0 fully saturated rings. The fourth-order valence-electron chi connectivity index (χ4n) is 2.60. The highest BCUT2D eigenvalue weighted by Gasteiger charge is 2.09. The highest BCUT2D eigenvalue weighted by Crippen LogP contribution is 2.24. The minimum Gasteiger partial charge on any atom is -0.363 e. The molecular formula is C21H18N6. The van der Waals surface area contributed by atoms with Crippen molar-refractivity contribution in [2.24, 2.45) is 0 Å². The molecule has 27 heavy (non-hydrogen) atoms. The molecule has 0 bridgehead atoms. The van der Waals surface area contributed by atoms with E-state index in [4.69, 9.17) is 4.98 Å². The first-order valence-corrected chi connectivity index (χ1v) is 8.64. The minimum atomic E-state index is 0.487. The van der Waals surface area contributed by atoms with Gasteiger partial charge in [-0.25, -0.2) is 19.9 Å². The molecule has 6 nitrogen and oxygen atoms in total. The Hall–Kier alpha value is -3.67. The van der Waals surface area contributed by atoms with Crippen molar-refractivity contribution in [2.75, 3.05) is 5.32 Å². The topological polar surface area (TPSA) is 76.5 Å². The van der Waals surface area contributed by atoms with Gasteiger partial charge in [0, 0.05) is 42.0 Å². The van der Waals surface area contributed by atoms with Crippen LogP contribution in [0.2, 0.25) is 0 Å². The summed E-state index contributed by atoms with van der Waals surface area (Å²) in [5.74, 6) is 2.10. The molecule has 0 saturated carbocycles. The molecule has 3 aromatic heterocycles. The molecule has 0 unspecified atom stereocenters. The Balaban J connectivity index is 1.68. The Bertz CT molecular complexity index is 960. The molecule has 1 N–H and O–H groups in total. The van der Waals surface area contributed by atoms with Crippen LogP contribution in [-0.2, 0) is 6.54 Å². The monoisotopic (exact) mass is 354 g/mol. The highest BCUT2D eigenvalue weighted by molar-refractivity contribution is 5.67. The predicted octanol–water partition coefficient (Wildman–Crippen LogP) is 3.92. The van der Waals surface area contributed by atoms with Crippen LogP contribution in [0.1, 0.15) is 11.4 Å². The van der Waals surface area contributed by atoms with Crippen LogP contribution in [0.5, 0.6) is 0 Å². The van der Waals surface area contributed by atoms with E-state index in [0.717, 1.165) is 28.2 Å². The molecule has 4 rings (SSSR count). The standard InChI is InChI=1S/C21H18N6/c1-15-12-23-20(24-13-15)14-25-19-11-18(16-7-9-22-10-8-16)26-21(27-19)17-5-3-2-4-6-17/h2-13H,14H2,1H3,(H,25,26,27). The van der Waals surface area contributed by atoms with Gasteiger partial charge in [0.15, 0.2) is 5.82 Å². The van der Waals surface area contributed by atoms with E-state index in [1.165, 1.54) is 0 Å². The normalized spacial score (nSPS) is 10.6. The fraction of sp³-hybridized carbons (Fsp3) is 0.0952. The summed E-state index contributed by atoms with van der Waals surface area (Å²) in [5, 5.41) is 3.31. The number of nitrogens with one attached hydrogen (secondary N) is 1. The average molecular weight is 354 g/mol. The third-order valence-electron chi connectivity index (χ3n) is 4.00. The molecule has 0 atom stereocenters. The first-order chi connectivity index (χ1) is 13.3. The fourth-order valence-corrected chi connectivity index (χ4v) is 2.60. The summed E-state index contributed by atoms with van der Waals surface area (Å²) in [5.41, 5.74) is 3.81. The van der Waals surface area contributed by atoms with E-state index in [1.54, 1.807) is 12.4 Å². The van der Waals surface area contributed by atoms with Crippen LogP contribution in [0.15, 0.2) is 73.3 Å². The second kappa shape index (κ2) is 7.70. The van der Waals surface area contributed by atoms with Gasteiger partial charge >= 0.3 is 0 Å². The number of hydrogen-bond acceptors (Lipinski definition) is 6. The van der Waals surface area contributed by atoms with E-state index in [-0.39, 0.29) is 0 Å². The molecule has 0 radical (unpaired) electrons. The van der Waals surface area contributed by atoms with Crippen molar-refractivity contribution in [3.05, 3.63) is 84.7 Å². The maximum absolute atomic E-state index is 4.73. The molecule has 0 amide bonds. The molecular weight excluding hydrogens is 336 g/mol. The number of hydrogen-bond donors (Lipinski definition) is 1. The Morgan fingerprint density at radius 1 is 0.852 bits per heavy atom. The Labute approximate surface area is 157 Å². The molecule has 4 aromatic rings. The van der Waals surface area contributed by atoms with E-state index in [9.17, 15) is 0 Å². The van der Waals surface area contributed by atoms with Crippen molar-refractivity contribution in [1.29, 1.82) is 0 Å². The van der Waals surface area contributed by atoms with Gasteiger partial charge in [-0.1, -0.05) is 30.3 Å². The number of pyridine rings is 1. The predicted molar refractivity (Wildman–Crippen MR) is 105 cm³/mol. The Morgan fingerprint density at radius 2 is 1.59 bits per heavy atom. The SMILES string of the molecule is Cc1cnc(CNc2cc(-c3ccncc3)nc(-c3ccccc3)n2)nc1. The van der Waals surface area contributed by atoms with Crippen LogP contribution >= 0.6 is 0 Å². The molecule has 0 aliphatic rings. The van der Waals surface area contributed by atoms with Gasteiger partial charge in [0.1, 0.15) is 11.6 Å². The van der Waals surface area contributed by atoms with Gasteiger partial charge in [-0.15, -0.1) is 0 Å². The van der Waals surface area contributed by atoms with E-state index in [1.807, 2.05) is 67.8 Å². The van der Waals surface area contributed by atoms with Crippen LogP contribution in [0.4, 0.5) is 5.82 Å². The van der Waals surface area contributed by atoms with E-state index >= 15 is 0 Å². The van der Waals surface area contributed by atoms with Gasteiger partial charge in [-0.2, -0.15) is 0 Å². The summed E-state index contributed by atoms with van der Waals surface area (Å²) >= 11 is 0. The largest absolute Gasteiger partial charge is 0.363 e. The summed E-state index contributed by atoms with van der Waals surface area (Å²) in [6.45, 7) is 2.45. The third-order valence-corrected chi connectivity index (χ3v) is 4.00. The van der Waals surface area contributed by atoms with E-state index in [2.05, 4.69) is 25.3 Å². The van der Waals surface area contributed by atoms with E-state index < -0.39 is 0 Å². The number of aryl methyl sites for hydroxylation is 1. The molecule has 1 aromatic carbocycles. The van der Waals surface area contributed by atoms with Gasteiger partial charge in [-0.3, -0.25) is 4.98 Å². The second-order valence-electron chi connectivity index (χ2n) is 6.09. The number of nitrogens with zero attached hydrogens (tertiary/aromatic N) is 5. The van der Waals surface area contributed by atoms with Crippen molar-refractivity contribution < 1.29 is 0 Å². The van der Waals surface area contributed by atoms with Crippen LogP contribution in [0, 0.1) is 6.92 Å². The number of rotatable bonds is 5. The smallest absolute Gasteiger partial charge is 0.162 e. The van der Waals surface area contributed by atoms with Crippen LogP contribution in [-0.4, -0.2) is 24.9 Å². The molecule has 0 spiro atoms. The lowest BCUT2D eigenvalue weighted by Gasteiger charge is -2.10. The third kappa shape index (κ3) is 4.12. The maximum Gasteiger partial charge on any atom is 0.162 e. The molecule has 3 heterocycles. The summed E-state index contributed by atoms with van der Waals surface area (Å²) in [7, 11) is 0. The van der Waals surface area contributed by atoms with Gasteiger partial charge in [0.25, 0.3) is 0 Å². The van der Waals surface area contributed by atoms with Crippen LogP contribution < -0.4 is 5.32 Å². The molecule has 0 aliphatic heterocycles. The number of benzene rings is 1. The summed E-state index contributed by atoms with van der Waals surface area (Å²) in [6.07, 6.45) is 7.13. The zero-order chi connectivity index (χ0) is 18.5. The lowest BCUT2D eigenvalue weighted by Crippen LogP contribution is -2.07. The van der Waals surface area contributed by atoms with Crippen molar-refractivity contribution in [1.82, 2.24) is 24.9 Å². The highest BCUT2D eigenvalue weighted by atomic mass is 15.1. The zero-order valence-electron chi connectivity index (χ0n) is 14.9. The maximum atomic E-state index is 4.73. The van der Waals surface area contributed by atoms with Crippen molar-refractivity contribution in [3.8, 4) is 22.6 Å². The van der Waals surface area contributed by atoms with Gasteiger partial charge < -0.3 is 5.32 Å². The van der Waals surface area contributed by atoms with Crippen LogP contribution in [0.3, 0.4) is 0 Å². The van der Waals surface area contributed by atoms with Crippen LogP contribution in [0.25, 0.3) is 22.6 Å². The van der Waals surface area contributed by atoms with E-state index in [0.29, 0.717) is 18.2 Å². The lowest BCUT2D eigenvalue weighted by atomic mass is 10.1. The zero-order valence-corrected chi connectivity index (χ0v) is 14.9. The molecule has 132 valence electrons. The van der Waals surface area contributed by atoms with Gasteiger partial charge in [0.2, 0.25) is 0 Å². The lowest BCUT2D eigenvalue weighted by molar-refractivity contribution is 0.929. The number of aromatic nitrogens is 5. The first kappa shape index (κ1) is 16.8. The van der Waals surface area contributed by atoms with Gasteiger partial charge in [0.05, 0.1) is 12.2 Å². The number of anilines is 1. The minimum absolute atomic E-state index is 0.487. The molecule has 0 aliphatic carbocycles. The summed E-state index contributed by atoms with van der Waals surface area (Å²) < 4.78 is 0. The Kier molecular flexibility index (Phi) is 4.78. The quantitative estimate of drug-likeness (QED) is 0.585. The van der Waals surface area contributed by atoms with Crippen molar-refractivity contribution >= 4 is 5.82 Å².